The van der Waals surface area contributed by atoms with E-state index in [0.29, 0.717) is 0 Å². The number of likely N-dealkylation sites (tertiary alicyclic amines) is 1. The summed E-state index contributed by atoms with van der Waals surface area (Å²) in [6.45, 7) is 7.65. The minimum atomic E-state index is -0.868. The molecule has 1 aliphatic heterocycles. The Kier molecular flexibility index (Phi) is 7.54. The van der Waals surface area contributed by atoms with Crippen molar-refractivity contribution in [3.05, 3.63) is 0 Å². The number of rotatable bonds is 6. The second kappa shape index (κ2) is 8.90. The number of urea groups is 1. The summed E-state index contributed by atoms with van der Waals surface area (Å²) >= 11 is 0. The van der Waals surface area contributed by atoms with Crippen molar-refractivity contribution in [3.8, 4) is 0 Å². The molecular formula is C16H30N2O3. The minimum Gasteiger partial charge on any atom is -0.481 e. The van der Waals surface area contributed by atoms with Gasteiger partial charge in [0.15, 0.2) is 0 Å². The highest BCUT2D eigenvalue weighted by Crippen LogP contribution is 2.22. The molecular weight excluding hydrogens is 268 g/mol. The minimum absolute atomic E-state index is 0.0181. The van der Waals surface area contributed by atoms with Crippen LogP contribution < -0.4 is 5.32 Å². The van der Waals surface area contributed by atoms with Crippen molar-refractivity contribution in [1.29, 1.82) is 0 Å². The molecule has 2 amide bonds. The van der Waals surface area contributed by atoms with Crippen LogP contribution in [0.4, 0.5) is 4.79 Å². The summed E-state index contributed by atoms with van der Waals surface area (Å²) in [4.78, 5) is 25.1. The maximum atomic E-state index is 12.3. The first-order valence-electron chi connectivity index (χ1n) is 8.21. The topological polar surface area (TPSA) is 69.6 Å². The summed E-state index contributed by atoms with van der Waals surface area (Å²) in [6, 6.07) is -0.406. The number of hydrogen-bond donors (Lipinski definition) is 2. The fourth-order valence-electron chi connectivity index (χ4n) is 2.96. The number of nitrogens with one attached hydrogen (secondary N) is 1. The van der Waals surface area contributed by atoms with Gasteiger partial charge in [-0.3, -0.25) is 4.79 Å². The maximum Gasteiger partial charge on any atom is 0.317 e. The number of hydrogen-bond acceptors (Lipinski definition) is 2. The first-order chi connectivity index (χ1) is 9.93. The number of nitrogens with zero attached hydrogens (tertiary/aromatic N) is 1. The van der Waals surface area contributed by atoms with Crippen LogP contribution in [-0.2, 0) is 4.79 Å². The van der Waals surface area contributed by atoms with Crippen molar-refractivity contribution < 1.29 is 14.7 Å². The lowest BCUT2D eigenvalue weighted by atomic mass is 9.96. The van der Waals surface area contributed by atoms with Crippen molar-refractivity contribution in [2.75, 3.05) is 13.1 Å². The van der Waals surface area contributed by atoms with Gasteiger partial charge >= 0.3 is 12.0 Å². The van der Waals surface area contributed by atoms with Crippen molar-refractivity contribution in [2.24, 2.45) is 11.8 Å². The number of amides is 2. The van der Waals surface area contributed by atoms with Crippen LogP contribution in [0.3, 0.4) is 0 Å². The zero-order chi connectivity index (χ0) is 15.8. The van der Waals surface area contributed by atoms with Gasteiger partial charge in [0.2, 0.25) is 0 Å². The molecule has 0 bridgehead atoms. The molecule has 0 aromatic rings. The van der Waals surface area contributed by atoms with Crippen LogP contribution in [-0.4, -0.2) is 41.1 Å². The van der Waals surface area contributed by atoms with Crippen LogP contribution >= 0.6 is 0 Å². The molecule has 0 spiro atoms. The molecule has 2 atom stereocenters. The van der Waals surface area contributed by atoms with Gasteiger partial charge in [-0.1, -0.05) is 33.6 Å². The molecule has 0 radical (unpaired) electrons. The summed E-state index contributed by atoms with van der Waals surface area (Å²) in [5, 5.41) is 11.8. The molecule has 1 rings (SSSR count). The monoisotopic (exact) mass is 298 g/mol. The van der Waals surface area contributed by atoms with Gasteiger partial charge in [-0.25, -0.2) is 4.79 Å². The summed E-state index contributed by atoms with van der Waals surface area (Å²) in [7, 11) is 0. The van der Waals surface area contributed by atoms with Crippen LogP contribution in [0.1, 0.15) is 59.3 Å². The number of carboxylic acids is 1. The fourth-order valence-corrected chi connectivity index (χ4v) is 2.96. The van der Waals surface area contributed by atoms with Gasteiger partial charge in [0, 0.05) is 19.1 Å². The Morgan fingerprint density at radius 3 is 2.57 bits per heavy atom. The Hall–Kier alpha value is -1.26. The second-order valence-electron chi connectivity index (χ2n) is 6.47. The van der Waals surface area contributed by atoms with Gasteiger partial charge in [-0.15, -0.1) is 0 Å². The average molecular weight is 298 g/mol. The first kappa shape index (κ1) is 17.8. The van der Waals surface area contributed by atoms with E-state index in [4.69, 9.17) is 5.11 Å². The predicted octanol–water partition coefficient (Wildman–Crippen LogP) is 3.10. The lowest BCUT2D eigenvalue weighted by Gasteiger charge is -2.26. The van der Waals surface area contributed by atoms with Crippen molar-refractivity contribution in [1.82, 2.24) is 10.2 Å². The van der Waals surface area contributed by atoms with Crippen molar-refractivity contribution >= 4 is 12.0 Å². The number of carboxylic acid groups (broad SMARTS) is 1. The second-order valence-corrected chi connectivity index (χ2v) is 6.47. The van der Waals surface area contributed by atoms with E-state index in [1.54, 1.807) is 0 Å². The van der Waals surface area contributed by atoms with E-state index in [0.717, 1.165) is 31.8 Å². The molecule has 0 aromatic carbocycles. The molecule has 1 heterocycles. The largest absolute Gasteiger partial charge is 0.481 e. The SMILES string of the molecule is CCCC1CCCN(C(=O)NC(CC(=O)O)C(C)C)CC1. The molecule has 0 aliphatic carbocycles. The van der Waals surface area contributed by atoms with Gasteiger partial charge in [0.05, 0.1) is 6.42 Å². The van der Waals surface area contributed by atoms with E-state index in [9.17, 15) is 9.59 Å². The molecule has 2 unspecified atom stereocenters. The third kappa shape index (κ3) is 6.36. The van der Waals surface area contributed by atoms with E-state index in [-0.39, 0.29) is 24.4 Å². The fraction of sp³-hybridized carbons (Fsp3) is 0.875. The summed E-state index contributed by atoms with van der Waals surface area (Å²) in [6.07, 6.45) is 5.72. The third-order valence-corrected chi connectivity index (χ3v) is 4.34. The maximum absolute atomic E-state index is 12.3. The lowest BCUT2D eigenvalue weighted by Crippen LogP contribution is -2.47. The molecule has 0 saturated carbocycles. The molecule has 122 valence electrons. The number of carbonyl (C=O) groups is 2. The average Bonchev–Trinajstić information content (AvgIpc) is 2.63. The molecule has 2 N–H and O–H groups in total. The van der Waals surface area contributed by atoms with Gasteiger partial charge in [-0.05, 0) is 31.1 Å². The summed E-state index contributed by atoms with van der Waals surface area (Å²) < 4.78 is 0. The molecule has 1 aliphatic rings. The van der Waals surface area contributed by atoms with Gasteiger partial charge in [-0.2, -0.15) is 0 Å². The zero-order valence-electron chi connectivity index (χ0n) is 13.6. The third-order valence-electron chi connectivity index (χ3n) is 4.34. The van der Waals surface area contributed by atoms with Crippen LogP contribution in [0.5, 0.6) is 0 Å². The van der Waals surface area contributed by atoms with Crippen LogP contribution in [0.2, 0.25) is 0 Å². The Labute approximate surface area is 128 Å². The van der Waals surface area contributed by atoms with Gasteiger partial charge in [0.25, 0.3) is 0 Å². The van der Waals surface area contributed by atoms with E-state index in [1.807, 2.05) is 18.7 Å². The number of aliphatic carboxylic acids is 1. The Morgan fingerprint density at radius 2 is 2.00 bits per heavy atom. The smallest absolute Gasteiger partial charge is 0.317 e. The molecule has 5 heteroatoms. The van der Waals surface area contributed by atoms with Crippen molar-refractivity contribution in [3.63, 3.8) is 0 Å². The van der Waals surface area contributed by atoms with Gasteiger partial charge < -0.3 is 15.3 Å². The highest BCUT2D eigenvalue weighted by molar-refractivity contribution is 5.76. The number of carbonyl (C=O) groups excluding carboxylic acids is 1. The Bertz CT molecular complexity index is 344. The zero-order valence-corrected chi connectivity index (χ0v) is 13.6. The highest BCUT2D eigenvalue weighted by atomic mass is 16.4. The summed E-state index contributed by atoms with van der Waals surface area (Å²) in [5.41, 5.74) is 0. The molecule has 1 saturated heterocycles. The van der Waals surface area contributed by atoms with Crippen LogP contribution in [0.15, 0.2) is 0 Å². The highest BCUT2D eigenvalue weighted by Gasteiger charge is 2.24. The van der Waals surface area contributed by atoms with E-state index >= 15 is 0 Å². The van der Waals surface area contributed by atoms with Gasteiger partial charge in [0.1, 0.15) is 0 Å². The first-order valence-corrected chi connectivity index (χ1v) is 8.21. The van der Waals surface area contributed by atoms with Crippen LogP contribution in [0.25, 0.3) is 0 Å². The molecule has 21 heavy (non-hydrogen) atoms. The standard InChI is InChI=1S/C16H30N2O3/c1-4-6-13-7-5-9-18(10-8-13)16(21)17-14(12(2)3)11-15(19)20/h12-14H,4-11H2,1-3H3,(H,17,21)(H,19,20). The molecule has 1 fully saturated rings. The predicted molar refractivity (Wildman–Crippen MR) is 83.2 cm³/mol. The normalized spacial score (nSPS) is 21.0. The van der Waals surface area contributed by atoms with E-state index in [1.165, 1.54) is 19.3 Å². The lowest BCUT2D eigenvalue weighted by molar-refractivity contribution is -0.137. The van der Waals surface area contributed by atoms with E-state index in [2.05, 4.69) is 12.2 Å². The van der Waals surface area contributed by atoms with E-state index < -0.39 is 5.97 Å². The summed E-state index contributed by atoms with van der Waals surface area (Å²) in [5.74, 6) is -0.0227. The van der Waals surface area contributed by atoms with Crippen molar-refractivity contribution in [2.45, 2.75) is 65.3 Å². The Morgan fingerprint density at radius 1 is 1.29 bits per heavy atom. The molecule has 0 aromatic heterocycles. The molecule has 5 nitrogen and oxygen atoms in total. The van der Waals surface area contributed by atoms with Crippen LogP contribution in [0, 0.1) is 11.8 Å². The Balaban J connectivity index is 2.51. The quantitative estimate of drug-likeness (QED) is 0.791.